The van der Waals surface area contributed by atoms with Crippen molar-refractivity contribution < 1.29 is 14.3 Å². The third kappa shape index (κ3) is 2.98. The molecule has 2 rings (SSSR count). The molecule has 0 bridgehead atoms. The maximum absolute atomic E-state index is 13.7. The molecule has 0 fully saturated rings. The van der Waals surface area contributed by atoms with E-state index < -0.39 is 5.97 Å². The molecule has 0 unspecified atom stereocenters. The highest BCUT2D eigenvalue weighted by Crippen LogP contribution is 2.23. The summed E-state index contributed by atoms with van der Waals surface area (Å²) in [4.78, 5) is 10.7. The maximum atomic E-state index is 13.7. The number of thioether (sulfide) groups is 1. The molecule has 0 amide bonds. The van der Waals surface area contributed by atoms with Crippen LogP contribution in [0, 0.1) is 12.7 Å². The molecule has 1 heterocycles. The molecular formula is C13H14FN3O2S. The fraction of sp³-hybridized carbons (Fsp3) is 0.308. The second-order valence-corrected chi connectivity index (χ2v) is 5.15. The Bertz CT molecular complexity index is 643. The quantitative estimate of drug-likeness (QED) is 0.858. The van der Waals surface area contributed by atoms with Crippen molar-refractivity contribution >= 4 is 17.7 Å². The normalized spacial score (nSPS) is 10.8. The summed E-state index contributed by atoms with van der Waals surface area (Å²) >= 11 is 1.06. The van der Waals surface area contributed by atoms with Crippen molar-refractivity contribution in [2.45, 2.75) is 25.4 Å². The van der Waals surface area contributed by atoms with Gasteiger partial charge >= 0.3 is 5.97 Å². The largest absolute Gasteiger partial charge is 0.481 e. The number of aliphatic carboxylic acids is 1. The lowest BCUT2D eigenvalue weighted by Crippen LogP contribution is -2.05. The van der Waals surface area contributed by atoms with Crippen molar-refractivity contribution in [3.63, 3.8) is 0 Å². The summed E-state index contributed by atoms with van der Waals surface area (Å²) in [5.41, 5.74) is 1.16. The third-order valence-corrected chi connectivity index (χ3v) is 3.67. The van der Waals surface area contributed by atoms with Crippen LogP contribution in [0.5, 0.6) is 0 Å². The van der Waals surface area contributed by atoms with Crippen LogP contribution in [0.25, 0.3) is 5.69 Å². The van der Waals surface area contributed by atoms with E-state index in [0.717, 1.165) is 11.8 Å². The van der Waals surface area contributed by atoms with Gasteiger partial charge < -0.3 is 5.11 Å². The number of benzene rings is 1. The molecule has 0 spiro atoms. The van der Waals surface area contributed by atoms with E-state index in [1.54, 1.807) is 23.6 Å². The summed E-state index contributed by atoms with van der Waals surface area (Å²) in [6.07, 6.45) is 0.621. The lowest BCUT2D eigenvalue weighted by molar-refractivity contribution is -0.133. The minimum absolute atomic E-state index is 0.115. The number of hydrogen-bond donors (Lipinski definition) is 1. The van der Waals surface area contributed by atoms with Crippen molar-refractivity contribution in [1.29, 1.82) is 0 Å². The first-order valence-electron chi connectivity index (χ1n) is 6.08. The standard InChI is InChI=1S/C13H14FN3O2S/c1-3-11-15-16-13(20-7-12(18)19)17(11)9-5-4-8(2)10(14)6-9/h4-6H,3,7H2,1-2H3,(H,18,19). The number of carboxylic acid groups (broad SMARTS) is 1. The van der Waals surface area contributed by atoms with Crippen molar-refractivity contribution in [3.8, 4) is 5.69 Å². The molecule has 7 heteroatoms. The van der Waals surface area contributed by atoms with Gasteiger partial charge in [-0.05, 0) is 24.6 Å². The number of aryl methyl sites for hydroxylation is 2. The molecule has 2 aromatic rings. The van der Waals surface area contributed by atoms with Gasteiger partial charge in [0.25, 0.3) is 0 Å². The molecule has 0 aliphatic rings. The van der Waals surface area contributed by atoms with Crippen molar-refractivity contribution in [2.24, 2.45) is 0 Å². The molecule has 0 aliphatic carbocycles. The number of halogens is 1. The summed E-state index contributed by atoms with van der Waals surface area (Å²) in [7, 11) is 0. The first-order valence-corrected chi connectivity index (χ1v) is 7.07. The number of carbonyl (C=O) groups is 1. The highest BCUT2D eigenvalue weighted by molar-refractivity contribution is 7.99. The third-order valence-electron chi connectivity index (χ3n) is 2.75. The van der Waals surface area contributed by atoms with Crippen molar-refractivity contribution in [3.05, 3.63) is 35.4 Å². The van der Waals surface area contributed by atoms with E-state index in [4.69, 9.17) is 5.11 Å². The smallest absolute Gasteiger partial charge is 0.313 e. The molecular weight excluding hydrogens is 281 g/mol. The SMILES string of the molecule is CCc1nnc(SCC(=O)O)n1-c1ccc(C)c(F)c1. The highest BCUT2D eigenvalue weighted by atomic mass is 32.2. The molecule has 0 radical (unpaired) electrons. The lowest BCUT2D eigenvalue weighted by atomic mass is 10.2. The van der Waals surface area contributed by atoms with Crippen molar-refractivity contribution in [2.75, 3.05) is 5.75 Å². The Hall–Kier alpha value is -1.89. The summed E-state index contributed by atoms with van der Waals surface area (Å²) < 4.78 is 15.4. The summed E-state index contributed by atoms with van der Waals surface area (Å²) in [6, 6.07) is 4.85. The molecule has 5 nitrogen and oxygen atoms in total. The van der Waals surface area contributed by atoms with E-state index in [1.165, 1.54) is 6.07 Å². The van der Waals surface area contributed by atoms with E-state index >= 15 is 0 Å². The Morgan fingerprint density at radius 2 is 2.20 bits per heavy atom. The minimum atomic E-state index is -0.933. The van der Waals surface area contributed by atoms with Crippen LogP contribution in [0.1, 0.15) is 18.3 Å². The number of rotatable bonds is 5. The van der Waals surface area contributed by atoms with E-state index in [9.17, 15) is 9.18 Å². The number of hydrogen-bond acceptors (Lipinski definition) is 4. The average molecular weight is 295 g/mol. The van der Waals surface area contributed by atoms with Crippen LogP contribution in [0.4, 0.5) is 4.39 Å². The second-order valence-electron chi connectivity index (χ2n) is 4.20. The second kappa shape index (κ2) is 6.04. The minimum Gasteiger partial charge on any atom is -0.481 e. The summed E-state index contributed by atoms with van der Waals surface area (Å²) in [6.45, 7) is 3.60. The van der Waals surface area contributed by atoms with Crippen molar-refractivity contribution in [1.82, 2.24) is 14.8 Å². The van der Waals surface area contributed by atoms with Gasteiger partial charge in [-0.15, -0.1) is 10.2 Å². The fourth-order valence-corrected chi connectivity index (χ4v) is 2.42. The number of aromatic nitrogens is 3. The molecule has 0 atom stereocenters. The number of carboxylic acids is 1. The molecule has 0 saturated heterocycles. The van der Waals surface area contributed by atoms with Crippen LogP contribution in [-0.4, -0.2) is 31.6 Å². The van der Waals surface area contributed by atoms with Gasteiger partial charge in [0, 0.05) is 6.42 Å². The molecule has 1 N–H and O–H groups in total. The van der Waals surface area contributed by atoms with E-state index in [1.807, 2.05) is 6.92 Å². The molecule has 106 valence electrons. The van der Waals surface area contributed by atoms with Crippen LogP contribution in [0.2, 0.25) is 0 Å². The molecule has 0 saturated carbocycles. The van der Waals surface area contributed by atoms with Gasteiger partial charge in [-0.1, -0.05) is 24.8 Å². The Morgan fingerprint density at radius 3 is 2.80 bits per heavy atom. The Kier molecular flexibility index (Phi) is 4.39. The van der Waals surface area contributed by atoms with Gasteiger partial charge in [0.2, 0.25) is 0 Å². The van der Waals surface area contributed by atoms with Crippen LogP contribution in [0.15, 0.2) is 23.4 Å². The van der Waals surface area contributed by atoms with Gasteiger partial charge in [-0.3, -0.25) is 9.36 Å². The first-order chi connectivity index (χ1) is 9.52. The van der Waals surface area contributed by atoms with Gasteiger partial charge in [0.1, 0.15) is 11.6 Å². The van der Waals surface area contributed by atoms with Gasteiger partial charge in [-0.25, -0.2) is 4.39 Å². The number of nitrogens with zero attached hydrogens (tertiary/aromatic N) is 3. The Balaban J connectivity index is 2.44. The lowest BCUT2D eigenvalue weighted by Gasteiger charge is -2.09. The van der Waals surface area contributed by atoms with Gasteiger partial charge in [0.05, 0.1) is 11.4 Å². The zero-order valence-electron chi connectivity index (χ0n) is 11.1. The van der Waals surface area contributed by atoms with Crippen LogP contribution >= 0.6 is 11.8 Å². The molecule has 1 aromatic heterocycles. The fourth-order valence-electron chi connectivity index (χ4n) is 1.73. The predicted molar refractivity (Wildman–Crippen MR) is 73.8 cm³/mol. The molecule has 1 aromatic carbocycles. The summed E-state index contributed by atoms with van der Waals surface area (Å²) in [5.74, 6) is -0.692. The van der Waals surface area contributed by atoms with E-state index in [-0.39, 0.29) is 11.6 Å². The Morgan fingerprint density at radius 1 is 1.45 bits per heavy atom. The van der Waals surface area contributed by atoms with Gasteiger partial charge in [-0.2, -0.15) is 0 Å². The van der Waals surface area contributed by atoms with Crippen LogP contribution in [0.3, 0.4) is 0 Å². The van der Waals surface area contributed by atoms with E-state index in [0.29, 0.717) is 28.7 Å². The summed E-state index contributed by atoms with van der Waals surface area (Å²) in [5, 5.41) is 17.2. The maximum Gasteiger partial charge on any atom is 0.313 e. The molecule has 0 aliphatic heterocycles. The predicted octanol–water partition coefficient (Wildman–Crippen LogP) is 2.45. The monoisotopic (exact) mass is 295 g/mol. The Labute approximate surface area is 119 Å². The van der Waals surface area contributed by atoms with Gasteiger partial charge in [0.15, 0.2) is 5.16 Å². The average Bonchev–Trinajstić information content (AvgIpc) is 2.82. The molecule has 20 heavy (non-hydrogen) atoms. The highest BCUT2D eigenvalue weighted by Gasteiger charge is 2.15. The first kappa shape index (κ1) is 14.5. The van der Waals surface area contributed by atoms with Crippen LogP contribution in [-0.2, 0) is 11.2 Å². The van der Waals surface area contributed by atoms with Crippen LogP contribution < -0.4 is 0 Å². The zero-order chi connectivity index (χ0) is 14.7. The zero-order valence-corrected chi connectivity index (χ0v) is 11.9. The van der Waals surface area contributed by atoms with E-state index in [2.05, 4.69) is 10.2 Å². The topological polar surface area (TPSA) is 68.0 Å².